The molecule has 1 aliphatic rings. The van der Waals surface area contributed by atoms with Gasteiger partial charge in [0.15, 0.2) is 12.5 Å². The van der Waals surface area contributed by atoms with Crippen LogP contribution in [-0.4, -0.2) is 96.4 Å². The second kappa shape index (κ2) is 19.0. The van der Waals surface area contributed by atoms with Crippen molar-refractivity contribution >= 4 is 34.9 Å². The second-order valence-corrected chi connectivity index (χ2v) is 13.6. The molecule has 46 heavy (non-hydrogen) atoms. The van der Waals surface area contributed by atoms with Crippen molar-refractivity contribution in [1.82, 2.24) is 20.9 Å². The average Bonchev–Trinajstić information content (AvgIpc) is 3.00. The molecule has 5 atom stereocenters. The zero-order valence-corrected chi connectivity index (χ0v) is 29.0. The predicted octanol–water partition coefficient (Wildman–Crippen LogP) is 3.19. The number of nitrogens with one attached hydrogen (secondary N) is 3. The molecule has 0 saturated heterocycles. The van der Waals surface area contributed by atoms with Crippen LogP contribution in [0.15, 0.2) is 24.3 Å². The maximum atomic E-state index is 13.3. The summed E-state index contributed by atoms with van der Waals surface area (Å²) in [6.07, 6.45) is 1.03. The van der Waals surface area contributed by atoms with Crippen LogP contribution < -0.4 is 21.7 Å². The Hall–Kier alpha value is -2.91. The van der Waals surface area contributed by atoms with Gasteiger partial charge in [0.2, 0.25) is 5.91 Å². The Kier molecular flexibility index (Phi) is 16.3. The Morgan fingerprint density at radius 1 is 1.07 bits per heavy atom. The van der Waals surface area contributed by atoms with E-state index in [0.29, 0.717) is 31.4 Å². The first kappa shape index (κ1) is 39.3. The van der Waals surface area contributed by atoms with Crippen LogP contribution in [-0.2, 0) is 30.2 Å². The second-order valence-electron chi connectivity index (χ2n) is 12.5. The zero-order valence-electron chi connectivity index (χ0n) is 28.2. The summed E-state index contributed by atoms with van der Waals surface area (Å²) in [5, 5.41) is 18.8. The van der Waals surface area contributed by atoms with Crippen LogP contribution in [0.4, 0.5) is 9.59 Å². The van der Waals surface area contributed by atoms with Crippen LogP contribution in [0.3, 0.4) is 0 Å². The number of likely N-dealkylation sites (N-methyl/N-ethyl adjacent to an activating group) is 1. The number of carbonyl (C=O) groups excluding carboxylic acids is 4. The molecule has 1 aromatic rings. The van der Waals surface area contributed by atoms with Crippen LogP contribution in [0.5, 0.6) is 0 Å². The van der Waals surface area contributed by atoms with Crippen LogP contribution in [0.2, 0.25) is 0 Å². The summed E-state index contributed by atoms with van der Waals surface area (Å²) in [4.78, 5) is 52.2. The highest BCUT2D eigenvalue weighted by Gasteiger charge is 2.33. The number of amides is 4. The molecular formula is C32H53N5O8S. The lowest BCUT2D eigenvalue weighted by Crippen LogP contribution is -2.60. The highest BCUT2D eigenvalue weighted by Crippen LogP contribution is 2.30. The van der Waals surface area contributed by atoms with Crippen molar-refractivity contribution in [3.63, 3.8) is 0 Å². The first-order valence-electron chi connectivity index (χ1n) is 15.7. The number of aliphatic hydroxyl groups excluding tert-OH is 1. The predicted molar refractivity (Wildman–Crippen MR) is 177 cm³/mol. The molecule has 260 valence electrons. The van der Waals surface area contributed by atoms with Crippen molar-refractivity contribution in [2.45, 2.75) is 115 Å². The van der Waals surface area contributed by atoms with E-state index < -0.39 is 48.1 Å². The van der Waals surface area contributed by atoms with Gasteiger partial charge in [-0.05, 0) is 77.3 Å². The molecule has 1 aromatic carbocycles. The third kappa shape index (κ3) is 13.1. The number of hydrogen-bond acceptors (Lipinski definition) is 10. The molecule has 6 N–H and O–H groups in total. The molecule has 0 saturated carbocycles. The third-order valence-corrected chi connectivity index (χ3v) is 8.52. The first-order valence-corrected chi connectivity index (χ1v) is 16.7. The highest BCUT2D eigenvalue weighted by atomic mass is 32.2. The smallest absolute Gasteiger partial charge is 0.411 e. The van der Waals surface area contributed by atoms with E-state index in [1.165, 1.54) is 51.1 Å². The van der Waals surface area contributed by atoms with Crippen molar-refractivity contribution in [2.24, 2.45) is 5.73 Å². The van der Waals surface area contributed by atoms with Crippen LogP contribution in [0, 0.1) is 0 Å². The minimum atomic E-state index is -1.46. The summed E-state index contributed by atoms with van der Waals surface area (Å²) >= 11 is 1.20. The van der Waals surface area contributed by atoms with E-state index in [1.54, 1.807) is 20.8 Å². The van der Waals surface area contributed by atoms with E-state index in [2.05, 4.69) is 28.1 Å². The Labute approximate surface area is 277 Å². The van der Waals surface area contributed by atoms with Crippen molar-refractivity contribution in [3.05, 3.63) is 35.4 Å². The Bertz CT molecular complexity index is 1140. The van der Waals surface area contributed by atoms with Crippen LogP contribution in [0.25, 0.3) is 0 Å². The maximum Gasteiger partial charge on any atom is 0.411 e. The van der Waals surface area contributed by atoms with E-state index in [4.69, 9.17) is 19.9 Å². The Balaban J connectivity index is 1.97. The summed E-state index contributed by atoms with van der Waals surface area (Å²) in [5.74, 6) is -0.923. The molecule has 2 rings (SSSR count). The van der Waals surface area contributed by atoms with Gasteiger partial charge in [-0.25, -0.2) is 4.79 Å². The number of ether oxygens (including phenoxy) is 3. The fourth-order valence-electron chi connectivity index (χ4n) is 5.10. The monoisotopic (exact) mass is 667 g/mol. The Morgan fingerprint density at radius 3 is 2.37 bits per heavy atom. The zero-order chi connectivity index (χ0) is 34.4. The number of nitrogens with two attached hydrogens (primary N) is 1. The van der Waals surface area contributed by atoms with Crippen LogP contribution in [0.1, 0.15) is 83.4 Å². The molecule has 14 heteroatoms. The molecule has 0 aromatic heterocycles. The number of rotatable bonds is 16. The minimum absolute atomic E-state index is 0.00154. The van der Waals surface area contributed by atoms with Gasteiger partial charge in [0.1, 0.15) is 11.6 Å². The molecule has 1 aliphatic carbocycles. The fourth-order valence-corrected chi connectivity index (χ4v) is 5.82. The van der Waals surface area contributed by atoms with Gasteiger partial charge in [-0.15, -0.1) is 0 Å². The fraction of sp³-hybridized carbons (Fsp3) is 0.688. The average molecular weight is 668 g/mol. The summed E-state index contributed by atoms with van der Waals surface area (Å²) in [7, 11) is 4.36. The minimum Gasteiger partial charge on any atom is -0.444 e. The van der Waals surface area contributed by atoms with E-state index in [1.807, 2.05) is 12.1 Å². The lowest BCUT2D eigenvalue weighted by Gasteiger charge is -2.30. The molecule has 1 unspecified atom stereocenters. The van der Waals surface area contributed by atoms with Crippen LogP contribution >= 0.6 is 11.8 Å². The number of nitrogens with zero attached hydrogens (tertiary/aromatic N) is 1. The van der Waals surface area contributed by atoms with Crippen molar-refractivity contribution in [2.75, 3.05) is 27.0 Å². The largest absolute Gasteiger partial charge is 0.444 e. The molecule has 0 fully saturated rings. The lowest BCUT2D eigenvalue weighted by molar-refractivity contribution is -0.134. The quantitative estimate of drug-likeness (QED) is 0.130. The summed E-state index contributed by atoms with van der Waals surface area (Å²) in [6, 6.07) is 6.48. The first-order chi connectivity index (χ1) is 21.7. The van der Waals surface area contributed by atoms with E-state index in [0.717, 1.165) is 24.2 Å². The van der Waals surface area contributed by atoms with Gasteiger partial charge >= 0.3 is 6.09 Å². The standard InChI is InChI=1S/C32H53N5O8S/c1-20(38)26(36-29(40)27(33)37(5)31(42)45-32(2,3)4)28(39)34-22(17-18-25(43-6)44-7)14-11-19-46-30(41)35-24-16-10-13-21-12-8-9-15-23(21)24/h8-9,12,15,20,22,24-27,38H,10-11,13-14,16-19,33H2,1-7H3,(H,34,39)(H,35,41)(H,36,40)/t20-,22?,24+,26-,27+/m0/s1. The molecule has 0 radical (unpaired) electrons. The molecular weight excluding hydrogens is 614 g/mol. The van der Waals surface area contributed by atoms with Gasteiger partial charge in [0, 0.05) is 39.5 Å². The van der Waals surface area contributed by atoms with E-state index in [-0.39, 0.29) is 17.3 Å². The van der Waals surface area contributed by atoms with Crippen molar-refractivity contribution in [3.8, 4) is 0 Å². The molecule has 0 bridgehead atoms. The van der Waals surface area contributed by atoms with E-state index in [9.17, 15) is 24.3 Å². The Morgan fingerprint density at radius 2 is 1.74 bits per heavy atom. The summed E-state index contributed by atoms with van der Waals surface area (Å²) < 4.78 is 15.9. The topological polar surface area (TPSA) is 182 Å². The van der Waals surface area contributed by atoms with Crippen molar-refractivity contribution < 1.29 is 38.5 Å². The number of aliphatic hydroxyl groups is 1. The van der Waals surface area contributed by atoms with E-state index >= 15 is 0 Å². The summed E-state index contributed by atoms with van der Waals surface area (Å²) in [6.45, 7) is 6.41. The van der Waals surface area contributed by atoms with Gasteiger partial charge in [-0.2, -0.15) is 0 Å². The SMILES string of the molecule is COC(CCC(CCCSC(=O)N[C@@H]1CCCc2ccccc21)NC(=O)[C@@H](NC(=O)[C@H](N)N(C)C(=O)OC(C)(C)C)[C@H](C)O)OC. The molecule has 13 nitrogen and oxygen atoms in total. The van der Waals surface area contributed by atoms with Crippen molar-refractivity contribution in [1.29, 1.82) is 0 Å². The number of fused-ring (bicyclic) bond motifs is 1. The number of thioether (sulfide) groups is 1. The summed E-state index contributed by atoms with van der Waals surface area (Å²) in [5.41, 5.74) is 7.62. The number of hydrogen-bond donors (Lipinski definition) is 5. The number of carbonyl (C=O) groups is 4. The molecule has 0 aliphatic heterocycles. The normalized spacial score (nSPS) is 17.2. The third-order valence-electron chi connectivity index (χ3n) is 7.64. The molecule has 0 spiro atoms. The maximum absolute atomic E-state index is 13.3. The molecule has 0 heterocycles. The van der Waals surface area contributed by atoms with Gasteiger partial charge < -0.3 is 41.0 Å². The van der Waals surface area contributed by atoms with Gasteiger partial charge in [-0.3, -0.25) is 19.3 Å². The number of aryl methyl sites for hydroxylation is 1. The number of methoxy groups -OCH3 is 2. The number of benzene rings is 1. The van der Waals surface area contributed by atoms with Gasteiger partial charge in [-0.1, -0.05) is 36.0 Å². The highest BCUT2D eigenvalue weighted by molar-refractivity contribution is 8.13. The molecule has 4 amide bonds. The van der Waals surface area contributed by atoms with Gasteiger partial charge in [0.25, 0.3) is 11.1 Å². The van der Waals surface area contributed by atoms with Gasteiger partial charge in [0.05, 0.1) is 12.1 Å². The lowest BCUT2D eigenvalue weighted by atomic mass is 9.88.